The van der Waals surface area contributed by atoms with Gasteiger partial charge in [0.1, 0.15) is 0 Å². The summed E-state index contributed by atoms with van der Waals surface area (Å²) < 4.78 is 1.80. The summed E-state index contributed by atoms with van der Waals surface area (Å²) in [7, 11) is 0. The lowest BCUT2D eigenvalue weighted by Gasteiger charge is -2.27. The Balaban J connectivity index is 1.52. The molecule has 5 nitrogen and oxygen atoms in total. The predicted molar refractivity (Wildman–Crippen MR) is 86.1 cm³/mol. The van der Waals surface area contributed by atoms with Crippen LogP contribution in [0.1, 0.15) is 36.1 Å². The molecule has 4 rings (SSSR count). The topological polar surface area (TPSA) is 59.0 Å². The number of nitrogens with one attached hydrogen (secondary N) is 2. The van der Waals surface area contributed by atoms with Crippen LogP contribution in [0.3, 0.4) is 0 Å². The van der Waals surface area contributed by atoms with E-state index in [0.717, 1.165) is 25.8 Å². The number of benzene rings is 1. The van der Waals surface area contributed by atoms with Gasteiger partial charge in [-0.1, -0.05) is 24.3 Å². The molecule has 1 atom stereocenters. The first kappa shape index (κ1) is 13.5. The molecule has 2 N–H and O–H groups in total. The van der Waals surface area contributed by atoms with Crippen LogP contribution < -0.4 is 16.2 Å². The molecule has 0 spiro atoms. The Morgan fingerprint density at radius 3 is 3.05 bits per heavy atom. The van der Waals surface area contributed by atoms with Crippen LogP contribution >= 0.6 is 0 Å². The summed E-state index contributed by atoms with van der Waals surface area (Å²) in [5.41, 5.74) is 2.71. The largest absolute Gasteiger partial charge is 0.364 e. The highest BCUT2D eigenvalue weighted by molar-refractivity contribution is 5.36. The molecule has 1 saturated carbocycles. The van der Waals surface area contributed by atoms with Gasteiger partial charge in [-0.05, 0) is 36.9 Å². The predicted octanol–water partition coefficient (Wildman–Crippen LogP) is 1.88. The Morgan fingerprint density at radius 1 is 1.32 bits per heavy atom. The van der Waals surface area contributed by atoms with Gasteiger partial charge in [0.15, 0.2) is 5.82 Å². The third kappa shape index (κ3) is 2.52. The zero-order valence-corrected chi connectivity index (χ0v) is 12.5. The van der Waals surface area contributed by atoms with Gasteiger partial charge < -0.3 is 15.2 Å². The zero-order valence-electron chi connectivity index (χ0n) is 12.5. The van der Waals surface area contributed by atoms with Crippen molar-refractivity contribution in [2.75, 3.05) is 18.4 Å². The fourth-order valence-electron chi connectivity index (χ4n) is 3.16. The fraction of sp³-hybridized carbons (Fsp3) is 0.412. The number of hydrogen-bond acceptors (Lipinski definition) is 4. The van der Waals surface area contributed by atoms with Crippen LogP contribution in [0.4, 0.5) is 5.82 Å². The molecule has 2 heterocycles. The summed E-state index contributed by atoms with van der Waals surface area (Å²) in [4.78, 5) is 16.6. The normalized spacial score (nSPS) is 20.5. The quantitative estimate of drug-likeness (QED) is 0.904. The second-order valence-electron chi connectivity index (χ2n) is 6.06. The van der Waals surface area contributed by atoms with Crippen LogP contribution in [0, 0.1) is 0 Å². The number of hydrogen-bond donors (Lipinski definition) is 2. The molecule has 22 heavy (non-hydrogen) atoms. The van der Waals surface area contributed by atoms with E-state index in [2.05, 4.69) is 39.9 Å². The van der Waals surface area contributed by atoms with Crippen molar-refractivity contribution in [1.82, 2.24) is 14.9 Å². The molecular weight excluding hydrogens is 276 g/mol. The first-order valence-electron chi connectivity index (χ1n) is 7.95. The SMILES string of the molecule is O=c1c(NCC2NCCc3ccccc32)nccn1C1CC1. The molecule has 0 saturated heterocycles. The Bertz CT molecular complexity index is 735. The zero-order chi connectivity index (χ0) is 14.9. The van der Waals surface area contributed by atoms with E-state index in [1.165, 1.54) is 11.1 Å². The van der Waals surface area contributed by atoms with Crippen molar-refractivity contribution in [2.45, 2.75) is 31.3 Å². The van der Waals surface area contributed by atoms with Gasteiger partial charge in [0.25, 0.3) is 5.56 Å². The summed E-state index contributed by atoms with van der Waals surface area (Å²) in [5, 5.41) is 6.76. The maximum absolute atomic E-state index is 12.4. The maximum atomic E-state index is 12.4. The van der Waals surface area contributed by atoms with E-state index in [1.54, 1.807) is 17.0 Å². The molecule has 0 bridgehead atoms. The van der Waals surface area contributed by atoms with Gasteiger partial charge in [-0.2, -0.15) is 0 Å². The summed E-state index contributed by atoms with van der Waals surface area (Å²) in [6, 6.07) is 9.10. The third-order valence-electron chi connectivity index (χ3n) is 4.50. The van der Waals surface area contributed by atoms with E-state index in [-0.39, 0.29) is 11.6 Å². The van der Waals surface area contributed by atoms with E-state index < -0.39 is 0 Å². The molecule has 1 aromatic carbocycles. The van der Waals surface area contributed by atoms with Crippen LogP contribution in [0.25, 0.3) is 0 Å². The molecule has 1 aliphatic carbocycles. The first-order chi connectivity index (χ1) is 10.8. The van der Waals surface area contributed by atoms with E-state index in [9.17, 15) is 4.79 Å². The van der Waals surface area contributed by atoms with Gasteiger partial charge in [-0.15, -0.1) is 0 Å². The molecule has 0 radical (unpaired) electrons. The second-order valence-corrected chi connectivity index (χ2v) is 6.06. The Morgan fingerprint density at radius 2 is 2.18 bits per heavy atom. The van der Waals surface area contributed by atoms with Crippen molar-refractivity contribution >= 4 is 5.82 Å². The molecule has 0 amide bonds. The van der Waals surface area contributed by atoms with Gasteiger partial charge in [0.05, 0.1) is 0 Å². The van der Waals surface area contributed by atoms with Crippen molar-refractivity contribution in [2.24, 2.45) is 0 Å². The average Bonchev–Trinajstić information content (AvgIpc) is 3.39. The molecule has 1 aliphatic heterocycles. The second kappa shape index (κ2) is 5.57. The average molecular weight is 296 g/mol. The minimum Gasteiger partial charge on any atom is -0.364 e. The number of fused-ring (bicyclic) bond motifs is 1. The fourth-order valence-corrected chi connectivity index (χ4v) is 3.16. The van der Waals surface area contributed by atoms with Gasteiger partial charge in [-0.25, -0.2) is 4.98 Å². The monoisotopic (exact) mass is 296 g/mol. The van der Waals surface area contributed by atoms with Crippen molar-refractivity contribution < 1.29 is 0 Å². The first-order valence-corrected chi connectivity index (χ1v) is 7.95. The molecule has 114 valence electrons. The van der Waals surface area contributed by atoms with Crippen molar-refractivity contribution in [3.63, 3.8) is 0 Å². The molecule has 2 aliphatic rings. The number of aromatic nitrogens is 2. The summed E-state index contributed by atoms with van der Waals surface area (Å²) in [5.74, 6) is 0.458. The molecule has 5 heteroatoms. The van der Waals surface area contributed by atoms with Gasteiger partial charge in [0.2, 0.25) is 0 Å². The number of anilines is 1. The highest BCUT2D eigenvalue weighted by atomic mass is 16.1. The number of rotatable bonds is 4. The Hall–Kier alpha value is -2.14. The lowest BCUT2D eigenvalue weighted by molar-refractivity contribution is 0.522. The summed E-state index contributed by atoms with van der Waals surface area (Å²) in [6.45, 7) is 1.64. The van der Waals surface area contributed by atoms with Crippen molar-refractivity contribution in [1.29, 1.82) is 0 Å². The summed E-state index contributed by atoms with van der Waals surface area (Å²) in [6.07, 6.45) is 6.76. The van der Waals surface area contributed by atoms with Crippen LogP contribution in [-0.2, 0) is 6.42 Å². The van der Waals surface area contributed by atoms with Crippen LogP contribution in [0.15, 0.2) is 41.5 Å². The van der Waals surface area contributed by atoms with Crippen LogP contribution in [-0.4, -0.2) is 22.6 Å². The van der Waals surface area contributed by atoms with Gasteiger partial charge >= 0.3 is 0 Å². The third-order valence-corrected chi connectivity index (χ3v) is 4.50. The Labute approximate surface area is 129 Å². The molecular formula is C17H20N4O. The van der Waals surface area contributed by atoms with Crippen molar-refractivity contribution in [3.05, 3.63) is 58.1 Å². The smallest absolute Gasteiger partial charge is 0.293 e. The Kier molecular flexibility index (Phi) is 3.42. The lowest BCUT2D eigenvalue weighted by atomic mass is 9.94. The highest BCUT2D eigenvalue weighted by Gasteiger charge is 2.25. The van der Waals surface area contributed by atoms with E-state index in [0.29, 0.717) is 18.4 Å². The maximum Gasteiger partial charge on any atom is 0.293 e. The van der Waals surface area contributed by atoms with Gasteiger partial charge in [-0.3, -0.25) is 4.79 Å². The summed E-state index contributed by atoms with van der Waals surface area (Å²) >= 11 is 0. The molecule has 1 fully saturated rings. The van der Waals surface area contributed by atoms with Crippen LogP contribution in [0.5, 0.6) is 0 Å². The minimum atomic E-state index is -0.00547. The van der Waals surface area contributed by atoms with Crippen LogP contribution in [0.2, 0.25) is 0 Å². The molecule has 1 aromatic heterocycles. The van der Waals surface area contributed by atoms with Crippen molar-refractivity contribution in [3.8, 4) is 0 Å². The van der Waals surface area contributed by atoms with E-state index in [1.807, 2.05) is 0 Å². The van der Waals surface area contributed by atoms with E-state index in [4.69, 9.17) is 0 Å². The molecule has 1 unspecified atom stereocenters. The lowest BCUT2D eigenvalue weighted by Crippen LogP contribution is -2.35. The number of nitrogens with zero attached hydrogens (tertiary/aromatic N) is 2. The minimum absolute atomic E-state index is 0.00547. The standard InChI is InChI=1S/C17H20N4O/c22-17-16(19-9-10-21(17)13-5-6-13)20-11-15-14-4-2-1-3-12(14)7-8-18-15/h1-4,9-10,13,15,18H,5-8,11H2,(H,19,20). The molecule has 2 aromatic rings. The van der Waals surface area contributed by atoms with Gasteiger partial charge in [0, 0.05) is 31.0 Å². The highest BCUT2D eigenvalue weighted by Crippen LogP contribution is 2.33. The van der Waals surface area contributed by atoms with E-state index >= 15 is 0 Å².